The number of fused-ring (bicyclic) bond motifs is 1. The Labute approximate surface area is 101 Å². The van der Waals surface area contributed by atoms with Crippen LogP contribution in [-0.4, -0.2) is 34.4 Å². The van der Waals surface area contributed by atoms with Crippen LogP contribution < -0.4 is 0 Å². The zero-order chi connectivity index (χ0) is 11.0. The first-order chi connectivity index (χ1) is 7.90. The van der Waals surface area contributed by atoms with Crippen LogP contribution in [0.2, 0.25) is 0 Å². The minimum atomic E-state index is 0.289. The van der Waals surface area contributed by atoms with E-state index in [0.29, 0.717) is 6.04 Å². The van der Waals surface area contributed by atoms with E-state index < -0.39 is 0 Å². The van der Waals surface area contributed by atoms with Gasteiger partial charge in [0.05, 0.1) is 6.04 Å². The van der Waals surface area contributed by atoms with Gasteiger partial charge in [0.2, 0.25) is 0 Å². The molecule has 0 aromatic heterocycles. The summed E-state index contributed by atoms with van der Waals surface area (Å²) in [6.07, 6.45) is 11.2. The van der Waals surface area contributed by atoms with E-state index in [4.69, 9.17) is 4.99 Å². The van der Waals surface area contributed by atoms with Crippen LogP contribution in [0.4, 0.5) is 0 Å². The maximum Gasteiger partial charge on any atom is 0.160 e. The van der Waals surface area contributed by atoms with Crippen LogP contribution in [0.1, 0.15) is 12.8 Å². The van der Waals surface area contributed by atoms with E-state index in [1.165, 1.54) is 22.9 Å². The molecule has 0 aromatic rings. The van der Waals surface area contributed by atoms with Crippen molar-refractivity contribution in [2.45, 2.75) is 24.9 Å². The Morgan fingerprint density at radius 2 is 2.44 bits per heavy atom. The average molecular weight is 232 g/mol. The maximum absolute atomic E-state index is 4.84. The summed E-state index contributed by atoms with van der Waals surface area (Å²) in [5.74, 6) is 1.17. The Balaban J connectivity index is 1.90. The molecule has 2 unspecified atom stereocenters. The summed E-state index contributed by atoms with van der Waals surface area (Å²) in [5.41, 5.74) is 1.37. The quantitative estimate of drug-likeness (QED) is 0.680. The van der Waals surface area contributed by atoms with Gasteiger partial charge in [-0.3, -0.25) is 4.99 Å². The fourth-order valence-electron chi connectivity index (χ4n) is 2.55. The second kappa shape index (κ2) is 4.13. The van der Waals surface area contributed by atoms with Gasteiger partial charge in [-0.2, -0.15) is 0 Å². The molecule has 0 saturated carbocycles. The van der Waals surface area contributed by atoms with E-state index in [0.717, 1.165) is 13.0 Å². The summed E-state index contributed by atoms with van der Waals surface area (Å²) >= 11 is 1.88. The van der Waals surface area contributed by atoms with Crippen LogP contribution in [0.3, 0.4) is 0 Å². The number of hydrogen-bond donors (Lipinski definition) is 0. The van der Waals surface area contributed by atoms with Gasteiger partial charge in [0.15, 0.2) is 5.17 Å². The smallest absolute Gasteiger partial charge is 0.160 e. The van der Waals surface area contributed by atoms with E-state index in [2.05, 4.69) is 35.8 Å². The van der Waals surface area contributed by atoms with Gasteiger partial charge >= 0.3 is 0 Å². The molecule has 3 rings (SSSR count). The van der Waals surface area contributed by atoms with Gasteiger partial charge in [-0.1, -0.05) is 36.1 Å². The van der Waals surface area contributed by atoms with Gasteiger partial charge in [-0.25, -0.2) is 0 Å². The number of rotatable bonds is 2. The Morgan fingerprint density at radius 1 is 1.50 bits per heavy atom. The number of thioether (sulfide) groups is 1. The molecule has 2 nitrogen and oxygen atoms in total. The Kier molecular flexibility index (Phi) is 2.64. The van der Waals surface area contributed by atoms with E-state index in [-0.39, 0.29) is 6.04 Å². The second-order valence-corrected chi connectivity index (χ2v) is 5.37. The first-order valence-electron chi connectivity index (χ1n) is 5.86. The minimum absolute atomic E-state index is 0.289. The number of allylic oxidation sites excluding steroid dienone is 2. The summed E-state index contributed by atoms with van der Waals surface area (Å²) in [6.45, 7) is 5.09. The third kappa shape index (κ3) is 1.54. The monoisotopic (exact) mass is 232 g/mol. The largest absolute Gasteiger partial charge is 0.342 e. The summed E-state index contributed by atoms with van der Waals surface area (Å²) in [5, 5.41) is 1.22. The summed E-state index contributed by atoms with van der Waals surface area (Å²) < 4.78 is 0. The SMILES string of the molecule is C=CC1C(C2=CCCC=C2)N=C2SCCN21. The molecule has 2 heterocycles. The number of nitrogens with zero attached hydrogens (tertiary/aromatic N) is 2. The van der Waals surface area contributed by atoms with Crippen LogP contribution in [-0.2, 0) is 0 Å². The molecule has 0 N–H and O–H groups in total. The van der Waals surface area contributed by atoms with Crippen LogP contribution in [0, 0.1) is 0 Å². The van der Waals surface area contributed by atoms with Crippen molar-refractivity contribution in [2.24, 2.45) is 4.99 Å². The topological polar surface area (TPSA) is 15.6 Å². The van der Waals surface area contributed by atoms with Crippen molar-refractivity contribution < 1.29 is 0 Å². The zero-order valence-corrected chi connectivity index (χ0v) is 10.1. The van der Waals surface area contributed by atoms with Crippen molar-refractivity contribution in [3.8, 4) is 0 Å². The van der Waals surface area contributed by atoms with Gasteiger partial charge in [0, 0.05) is 12.3 Å². The molecule has 16 heavy (non-hydrogen) atoms. The molecule has 1 aliphatic carbocycles. The fraction of sp³-hybridized carbons (Fsp3) is 0.462. The molecule has 2 atom stereocenters. The van der Waals surface area contributed by atoms with Crippen LogP contribution in [0.5, 0.6) is 0 Å². The molecule has 0 aromatic carbocycles. The molecule has 3 aliphatic rings. The highest BCUT2D eigenvalue weighted by atomic mass is 32.2. The van der Waals surface area contributed by atoms with Crippen molar-refractivity contribution in [2.75, 3.05) is 12.3 Å². The first-order valence-corrected chi connectivity index (χ1v) is 6.85. The van der Waals surface area contributed by atoms with Crippen molar-refractivity contribution in [3.63, 3.8) is 0 Å². The van der Waals surface area contributed by atoms with Crippen LogP contribution in [0.25, 0.3) is 0 Å². The lowest BCUT2D eigenvalue weighted by molar-refractivity contribution is 0.399. The van der Waals surface area contributed by atoms with E-state index in [9.17, 15) is 0 Å². The summed E-state index contributed by atoms with van der Waals surface area (Å²) in [4.78, 5) is 7.24. The predicted octanol–water partition coefficient (Wildman–Crippen LogP) is 2.60. The lowest BCUT2D eigenvalue weighted by Crippen LogP contribution is -2.36. The molecule has 2 aliphatic heterocycles. The molecule has 0 bridgehead atoms. The highest BCUT2D eigenvalue weighted by molar-refractivity contribution is 8.14. The molecular formula is C13H16N2S. The molecule has 3 heteroatoms. The second-order valence-electron chi connectivity index (χ2n) is 4.31. The third-order valence-corrected chi connectivity index (χ3v) is 4.33. The van der Waals surface area contributed by atoms with Crippen molar-refractivity contribution in [1.82, 2.24) is 4.90 Å². The summed E-state index contributed by atoms with van der Waals surface area (Å²) in [6, 6.07) is 0.663. The van der Waals surface area contributed by atoms with Crippen LogP contribution >= 0.6 is 11.8 Å². The molecule has 0 radical (unpaired) electrons. The predicted molar refractivity (Wildman–Crippen MR) is 70.8 cm³/mol. The summed E-state index contributed by atoms with van der Waals surface area (Å²) in [7, 11) is 0. The normalized spacial score (nSPS) is 32.4. The van der Waals surface area contributed by atoms with Gasteiger partial charge in [-0.15, -0.1) is 6.58 Å². The first kappa shape index (κ1) is 10.2. The Morgan fingerprint density at radius 3 is 3.19 bits per heavy atom. The molecule has 0 amide bonds. The van der Waals surface area contributed by atoms with Gasteiger partial charge < -0.3 is 4.90 Å². The lowest BCUT2D eigenvalue weighted by Gasteiger charge is -2.24. The van der Waals surface area contributed by atoms with Crippen LogP contribution in [0.15, 0.2) is 41.4 Å². The molecule has 1 saturated heterocycles. The standard InChI is InChI=1S/C13H16N2S/c1-2-11-12(10-6-4-3-5-7-10)14-13-15(11)8-9-16-13/h2,4,6-7,11-12H,1,3,5,8-9H2. The van der Waals surface area contributed by atoms with E-state index in [1.54, 1.807) is 0 Å². The third-order valence-electron chi connectivity index (χ3n) is 3.35. The average Bonchev–Trinajstić information content (AvgIpc) is 2.89. The molecular weight excluding hydrogens is 216 g/mol. The highest BCUT2D eigenvalue weighted by Crippen LogP contribution is 2.34. The Hall–Kier alpha value is -0.960. The highest BCUT2D eigenvalue weighted by Gasteiger charge is 2.38. The van der Waals surface area contributed by atoms with E-state index in [1.807, 2.05) is 11.8 Å². The van der Waals surface area contributed by atoms with Gasteiger partial charge in [0.1, 0.15) is 6.04 Å². The van der Waals surface area contributed by atoms with Crippen molar-refractivity contribution in [1.29, 1.82) is 0 Å². The number of aliphatic imine (C=N–C) groups is 1. The van der Waals surface area contributed by atoms with Gasteiger partial charge in [-0.05, 0) is 18.4 Å². The Bertz CT molecular complexity index is 395. The van der Waals surface area contributed by atoms with Crippen molar-refractivity contribution >= 4 is 16.9 Å². The van der Waals surface area contributed by atoms with Gasteiger partial charge in [0.25, 0.3) is 0 Å². The molecule has 1 fully saturated rings. The van der Waals surface area contributed by atoms with Crippen molar-refractivity contribution in [3.05, 3.63) is 36.5 Å². The number of amidine groups is 1. The number of hydrogen-bond acceptors (Lipinski definition) is 3. The minimum Gasteiger partial charge on any atom is -0.342 e. The maximum atomic E-state index is 4.84. The van der Waals surface area contributed by atoms with E-state index >= 15 is 0 Å². The fourth-order valence-corrected chi connectivity index (χ4v) is 3.59. The zero-order valence-electron chi connectivity index (χ0n) is 9.30. The lowest BCUT2D eigenvalue weighted by atomic mass is 9.95. The molecule has 0 spiro atoms. The molecule has 84 valence electrons.